The minimum absolute atomic E-state index is 0.0317. The molecule has 0 atom stereocenters. The van der Waals surface area contributed by atoms with E-state index in [0.717, 1.165) is 10.5 Å². The molecule has 4 amide bonds. The molecule has 8 nitrogen and oxygen atoms in total. The molecule has 35 heavy (non-hydrogen) atoms. The van der Waals surface area contributed by atoms with Crippen LogP contribution < -0.4 is 14.4 Å². The smallest absolute Gasteiger partial charge is 0.339 e. The van der Waals surface area contributed by atoms with Crippen LogP contribution in [0.15, 0.2) is 77.2 Å². The van der Waals surface area contributed by atoms with Crippen LogP contribution in [-0.2, 0) is 19.7 Å². The molecule has 0 bridgehead atoms. The summed E-state index contributed by atoms with van der Waals surface area (Å²) in [5.41, 5.74) is 1.95. The van der Waals surface area contributed by atoms with E-state index in [2.05, 4.69) is 5.32 Å². The Bertz CT molecular complexity index is 1500. The van der Waals surface area contributed by atoms with Crippen molar-refractivity contribution in [2.45, 2.75) is 18.7 Å². The van der Waals surface area contributed by atoms with Gasteiger partial charge in [0.15, 0.2) is 5.75 Å². The van der Waals surface area contributed by atoms with Gasteiger partial charge in [0.25, 0.3) is 11.8 Å². The average molecular weight is 511 g/mol. The summed E-state index contributed by atoms with van der Waals surface area (Å²) < 4.78 is 30.3. The highest BCUT2D eigenvalue weighted by molar-refractivity contribution is 7.87. The Hall–Kier alpha value is -3.95. The number of benzene rings is 3. The number of carbonyl (C=O) groups excluding carboxylic acids is 3. The van der Waals surface area contributed by atoms with E-state index in [4.69, 9.17) is 15.8 Å². The highest BCUT2D eigenvalue weighted by Crippen LogP contribution is 2.30. The molecule has 0 spiro atoms. The van der Waals surface area contributed by atoms with Gasteiger partial charge in [-0.3, -0.25) is 14.9 Å². The molecule has 1 heterocycles. The lowest BCUT2D eigenvalue weighted by Gasteiger charge is -2.27. The van der Waals surface area contributed by atoms with Crippen LogP contribution in [0.3, 0.4) is 0 Å². The molecule has 0 aliphatic carbocycles. The molecule has 3 aromatic rings. The number of aryl methyl sites for hydroxylation is 2. The van der Waals surface area contributed by atoms with Gasteiger partial charge in [-0.25, -0.2) is 9.69 Å². The summed E-state index contributed by atoms with van der Waals surface area (Å²) in [4.78, 5) is 38.7. The van der Waals surface area contributed by atoms with Gasteiger partial charge in [0.2, 0.25) is 0 Å². The van der Waals surface area contributed by atoms with E-state index in [1.54, 1.807) is 43.3 Å². The quantitative estimate of drug-likeness (QED) is 0.309. The summed E-state index contributed by atoms with van der Waals surface area (Å²) in [6.45, 7) is 3.56. The zero-order chi connectivity index (χ0) is 25.3. The third-order valence-corrected chi connectivity index (χ3v) is 6.78. The van der Waals surface area contributed by atoms with Crippen LogP contribution in [0.25, 0.3) is 6.08 Å². The van der Waals surface area contributed by atoms with Crippen molar-refractivity contribution in [3.8, 4) is 5.75 Å². The summed E-state index contributed by atoms with van der Waals surface area (Å²) in [5.74, 6) is -1.78. The van der Waals surface area contributed by atoms with Crippen LogP contribution in [0, 0.1) is 13.8 Å². The SMILES string of the molecule is Cc1ccc(S(=O)(=O)Oc2ccc(/C=C3\C(=O)NC(=O)N(c4ccccc4C)C3=O)cc2Cl)cc1. The molecule has 4 rings (SSSR count). The van der Waals surface area contributed by atoms with Gasteiger partial charge in [-0.15, -0.1) is 0 Å². The van der Waals surface area contributed by atoms with Crippen LogP contribution in [0.1, 0.15) is 16.7 Å². The fourth-order valence-electron chi connectivity index (χ4n) is 3.40. The highest BCUT2D eigenvalue weighted by atomic mass is 35.5. The standard InChI is InChI=1S/C25H19ClN2O6S/c1-15-7-10-18(11-8-15)35(32,33)34-22-12-9-17(14-20(22)26)13-19-23(29)27-25(31)28(24(19)30)21-6-4-3-5-16(21)2/h3-14H,1-2H3,(H,27,29,31)/b19-13+. The average Bonchev–Trinajstić information content (AvgIpc) is 2.80. The number of anilines is 1. The van der Waals surface area contributed by atoms with Crippen molar-refractivity contribution < 1.29 is 27.0 Å². The fourth-order valence-corrected chi connectivity index (χ4v) is 4.62. The lowest BCUT2D eigenvalue weighted by Crippen LogP contribution is -2.54. The lowest BCUT2D eigenvalue weighted by molar-refractivity contribution is -0.122. The number of imide groups is 2. The largest absolute Gasteiger partial charge is 0.377 e. The van der Waals surface area contributed by atoms with Crippen molar-refractivity contribution in [2.75, 3.05) is 4.90 Å². The van der Waals surface area contributed by atoms with Gasteiger partial charge in [-0.1, -0.05) is 53.6 Å². The predicted octanol–water partition coefficient (Wildman–Crippen LogP) is 4.39. The van der Waals surface area contributed by atoms with Crippen molar-refractivity contribution in [1.82, 2.24) is 5.32 Å². The molecule has 10 heteroatoms. The fraction of sp³-hybridized carbons (Fsp3) is 0.0800. The maximum absolute atomic E-state index is 13.1. The molecule has 178 valence electrons. The zero-order valence-corrected chi connectivity index (χ0v) is 20.2. The van der Waals surface area contributed by atoms with Gasteiger partial charge in [0.05, 0.1) is 10.7 Å². The van der Waals surface area contributed by atoms with Gasteiger partial charge in [-0.2, -0.15) is 8.42 Å². The predicted molar refractivity (Wildman–Crippen MR) is 131 cm³/mol. The van der Waals surface area contributed by atoms with E-state index >= 15 is 0 Å². The Labute approximate surface area is 206 Å². The van der Waals surface area contributed by atoms with E-state index in [9.17, 15) is 22.8 Å². The van der Waals surface area contributed by atoms with E-state index < -0.39 is 28.0 Å². The third kappa shape index (κ3) is 4.96. The van der Waals surface area contributed by atoms with Gasteiger partial charge in [-0.05, 0) is 61.4 Å². The second-order valence-electron chi connectivity index (χ2n) is 7.78. The molecule has 0 unspecified atom stereocenters. The molecular weight excluding hydrogens is 492 g/mol. The first-order valence-corrected chi connectivity index (χ1v) is 12.1. The van der Waals surface area contributed by atoms with E-state index in [1.807, 2.05) is 6.92 Å². The van der Waals surface area contributed by atoms with Crippen LogP contribution in [-0.4, -0.2) is 26.3 Å². The summed E-state index contributed by atoms with van der Waals surface area (Å²) in [7, 11) is -4.12. The number of para-hydroxylation sites is 1. The summed E-state index contributed by atoms with van der Waals surface area (Å²) in [6.07, 6.45) is 1.26. The van der Waals surface area contributed by atoms with Crippen molar-refractivity contribution in [2.24, 2.45) is 0 Å². The molecule has 1 fully saturated rings. The van der Waals surface area contributed by atoms with Crippen molar-refractivity contribution in [3.63, 3.8) is 0 Å². The van der Waals surface area contributed by atoms with E-state index in [1.165, 1.54) is 36.4 Å². The molecule has 1 N–H and O–H groups in total. The van der Waals surface area contributed by atoms with Gasteiger partial charge in [0, 0.05) is 0 Å². The summed E-state index contributed by atoms with van der Waals surface area (Å²) in [5, 5.41) is 2.11. The maximum atomic E-state index is 13.1. The number of hydrogen-bond donors (Lipinski definition) is 1. The van der Waals surface area contributed by atoms with Crippen LogP contribution in [0.2, 0.25) is 5.02 Å². The first kappa shape index (κ1) is 24.2. The molecule has 1 aliphatic heterocycles. The number of amides is 4. The minimum atomic E-state index is -4.12. The van der Waals surface area contributed by atoms with Gasteiger partial charge in [0.1, 0.15) is 10.5 Å². The van der Waals surface area contributed by atoms with Gasteiger partial charge >= 0.3 is 16.1 Å². The highest BCUT2D eigenvalue weighted by Gasteiger charge is 2.37. The van der Waals surface area contributed by atoms with Gasteiger partial charge < -0.3 is 4.18 Å². The van der Waals surface area contributed by atoms with Crippen LogP contribution in [0.4, 0.5) is 10.5 Å². The molecule has 0 radical (unpaired) electrons. The Morgan fingerprint density at radius 1 is 0.943 bits per heavy atom. The number of barbiturate groups is 1. The summed E-state index contributed by atoms with van der Waals surface area (Å²) in [6, 6.07) is 16.1. The molecule has 3 aromatic carbocycles. The Balaban J connectivity index is 1.63. The van der Waals surface area contributed by atoms with Crippen molar-refractivity contribution >= 4 is 51.3 Å². The maximum Gasteiger partial charge on any atom is 0.339 e. The number of nitrogens with zero attached hydrogens (tertiary/aromatic N) is 1. The Morgan fingerprint density at radius 3 is 2.29 bits per heavy atom. The molecule has 1 saturated heterocycles. The first-order chi connectivity index (χ1) is 16.6. The molecule has 0 saturated carbocycles. The van der Waals surface area contributed by atoms with Crippen molar-refractivity contribution in [3.05, 3.63) is 94.0 Å². The van der Waals surface area contributed by atoms with E-state index in [-0.39, 0.29) is 21.2 Å². The lowest BCUT2D eigenvalue weighted by atomic mass is 10.1. The molecular formula is C25H19ClN2O6S. The number of carbonyl (C=O) groups is 3. The first-order valence-electron chi connectivity index (χ1n) is 10.3. The summed E-state index contributed by atoms with van der Waals surface area (Å²) >= 11 is 6.24. The van der Waals surface area contributed by atoms with E-state index in [0.29, 0.717) is 16.8 Å². The second-order valence-corrected chi connectivity index (χ2v) is 9.74. The number of urea groups is 1. The Morgan fingerprint density at radius 2 is 1.63 bits per heavy atom. The van der Waals surface area contributed by atoms with Crippen LogP contribution >= 0.6 is 11.6 Å². The molecule has 1 aliphatic rings. The third-order valence-electron chi connectivity index (χ3n) is 5.23. The number of halogens is 1. The molecule has 0 aromatic heterocycles. The number of hydrogen-bond acceptors (Lipinski definition) is 6. The Kier molecular flexibility index (Phi) is 6.47. The normalized spacial score (nSPS) is 15.3. The number of nitrogens with one attached hydrogen (secondary N) is 1. The van der Waals surface area contributed by atoms with Crippen LogP contribution in [0.5, 0.6) is 5.75 Å². The second kappa shape index (κ2) is 9.36. The zero-order valence-electron chi connectivity index (χ0n) is 18.6. The topological polar surface area (TPSA) is 110 Å². The monoisotopic (exact) mass is 510 g/mol. The number of rotatable bonds is 5. The van der Waals surface area contributed by atoms with Crippen molar-refractivity contribution in [1.29, 1.82) is 0 Å². The minimum Gasteiger partial charge on any atom is -0.377 e.